The highest BCUT2D eigenvalue weighted by Gasteiger charge is 2.33. The highest BCUT2D eigenvalue weighted by Crippen LogP contribution is 2.31. The number of aliphatic hydroxyl groups excluding tert-OH is 1. The van der Waals surface area contributed by atoms with E-state index in [-0.39, 0.29) is 37.1 Å². The minimum atomic E-state index is -0.358. The fraction of sp³-hybridized carbons (Fsp3) is 0.438. The van der Waals surface area contributed by atoms with Crippen molar-refractivity contribution in [3.05, 3.63) is 76.5 Å². The van der Waals surface area contributed by atoms with Crippen molar-refractivity contribution in [2.45, 2.75) is 71.9 Å². The van der Waals surface area contributed by atoms with Crippen molar-refractivity contribution in [2.75, 3.05) is 19.7 Å². The zero-order valence-corrected chi connectivity index (χ0v) is 23.5. The zero-order chi connectivity index (χ0) is 27.9. The quantitative estimate of drug-likeness (QED) is 0.328. The summed E-state index contributed by atoms with van der Waals surface area (Å²) in [5.74, 6) is 0.697. The topological polar surface area (TPSA) is 94.7 Å². The van der Waals surface area contributed by atoms with E-state index in [0.717, 1.165) is 28.8 Å². The first-order chi connectivity index (χ1) is 18.8. The van der Waals surface area contributed by atoms with E-state index in [0.29, 0.717) is 37.8 Å². The summed E-state index contributed by atoms with van der Waals surface area (Å²) in [4.78, 5) is 31.8. The molecule has 7 nitrogen and oxygen atoms in total. The van der Waals surface area contributed by atoms with Crippen LogP contribution in [0.25, 0.3) is 10.9 Å². The Morgan fingerprint density at radius 1 is 1.15 bits per heavy atom. The van der Waals surface area contributed by atoms with Gasteiger partial charge in [0.2, 0.25) is 11.8 Å². The van der Waals surface area contributed by atoms with Crippen LogP contribution >= 0.6 is 0 Å². The summed E-state index contributed by atoms with van der Waals surface area (Å²) in [5.41, 5.74) is 6.12. The predicted molar refractivity (Wildman–Crippen MR) is 155 cm³/mol. The maximum atomic E-state index is 13.4. The number of aromatic nitrogens is 1. The highest BCUT2D eigenvalue weighted by atomic mass is 16.5. The Morgan fingerprint density at radius 3 is 2.62 bits per heavy atom. The van der Waals surface area contributed by atoms with Gasteiger partial charge in [-0.25, -0.2) is 0 Å². The van der Waals surface area contributed by atoms with E-state index in [2.05, 4.69) is 41.5 Å². The second kappa shape index (κ2) is 13.0. The van der Waals surface area contributed by atoms with Gasteiger partial charge in [0.25, 0.3) is 0 Å². The van der Waals surface area contributed by atoms with Gasteiger partial charge in [-0.2, -0.15) is 0 Å². The molecule has 0 fully saturated rings. The van der Waals surface area contributed by atoms with E-state index >= 15 is 0 Å². The first kappa shape index (κ1) is 28.4. The lowest BCUT2D eigenvalue weighted by atomic mass is 9.90. The molecule has 0 saturated carbocycles. The first-order valence-electron chi connectivity index (χ1n) is 14.0. The molecule has 208 valence electrons. The standard InChI is InChI=1S/C32H41N3O4/c1-5-8-30(37)35(13-11-24-20-34-29-10-7-6-9-28(24)29)26-17-25(32(38)33-12-14-36)18-27(19-26)39-31-22(3)15-21(2)16-23(31)4/h6-7,9-10,15-16,18,20,26-27,34,36H,5,8,11-14,17,19H2,1-4H3,(H,33,38). The number of aromatic amines is 1. The van der Waals surface area contributed by atoms with Crippen LogP contribution in [0.2, 0.25) is 0 Å². The molecular formula is C32H41N3O4. The van der Waals surface area contributed by atoms with E-state index in [1.807, 2.05) is 50.1 Å². The molecule has 0 radical (unpaired) electrons. The van der Waals surface area contributed by atoms with Crippen LogP contribution in [0.4, 0.5) is 0 Å². The summed E-state index contributed by atoms with van der Waals surface area (Å²) in [6.45, 7) is 8.76. The smallest absolute Gasteiger partial charge is 0.247 e. The van der Waals surface area contributed by atoms with Gasteiger partial charge in [-0.15, -0.1) is 0 Å². The number of rotatable bonds is 11. The summed E-state index contributed by atoms with van der Waals surface area (Å²) in [5, 5.41) is 13.2. The number of carbonyl (C=O) groups is 2. The first-order valence-corrected chi connectivity index (χ1v) is 14.0. The van der Waals surface area contributed by atoms with Gasteiger partial charge in [-0.1, -0.05) is 42.8 Å². The number of nitrogens with one attached hydrogen (secondary N) is 2. The monoisotopic (exact) mass is 531 g/mol. The Kier molecular flexibility index (Phi) is 9.46. The minimum Gasteiger partial charge on any atom is -0.486 e. The van der Waals surface area contributed by atoms with Crippen LogP contribution in [-0.4, -0.2) is 58.6 Å². The highest BCUT2D eigenvalue weighted by molar-refractivity contribution is 5.94. The Morgan fingerprint density at radius 2 is 1.90 bits per heavy atom. The van der Waals surface area contributed by atoms with E-state index in [9.17, 15) is 14.7 Å². The molecule has 1 aromatic heterocycles. The molecule has 4 rings (SSSR count). The van der Waals surface area contributed by atoms with Crippen LogP contribution < -0.4 is 10.1 Å². The molecule has 1 aliphatic carbocycles. The van der Waals surface area contributed by atoms with E-state index in [1.165, 1.54) is 16.5 Å². The lowest BCUT2D eigenvalue weighted by Crippen LogP contribution is -2.47. The summed E-state index contributed by atoms with van der Waals surface area (Å²) in [7, 11) is 0. The number of amides is 2. The summed E-state index contributed by atoms with van der Waals surface area (Å²) in [6.07, 6.45) is 6.55. The molecule has 1 heterocycles. The zero-order valence-electron chi connectivity index (χ0n) is 23.5. The van der Waals surface area contributed by atoms with Gasteiger partial charge in [0.05, 0.1) is 6.61 Å². The third kappa shape index (κ3) is 6.90. The summed E-state index contributed by atoms with van der Waals surface area (Å²) in [6, 6.07) is 12.2. The normalized spacial score (nSPS) is 17.1. The number of ether oxygens (including phenoxy) is 1. The number of hydrogen-bond donors (Lipinski definition) is 3. The third-order valence-corrected chi connectivity index (χ3v) is 7.43. The second-order valence-corrected chi connectivity index (χ2v) is 10.6. The second-order valence-electron chi connectivity index (χ2n) is 10.6. The van der Waals surface area contributed by atoms with Gasteiger partial charge in [0.1, 0.15) is 11.9 Å². The molecule has 2 aromatic carbocycles. The van der Waals surface area contributed by atoms with Crippen LogP contribution in [0.5, 0.6) is 5.75 Å². The van der Waals surface area contributed by atoms with Crippen molar-refractivity contribution in [3.63, 3.8) is 0 Å². The molecule has 2 unspecified atom stereocenters. The van der Waals surface area contributed by atoms with E-state index in [1.54, 1.807) is 0 Å². The molecule has 0 saturated heterocycles. The Bertz CT molecular complexity index is 1320. The number of hydrogen-bond acceptors (Lipinski definition) is 4. The fourth-order valence-corrected chi connectivity index (χ4v) is 5.69. The van der Waals surface area contributed by atoms with Crippen molar-refractivity contribution < 1.29 is 19.4 Å². The number of fused-ring (bicyclic) bond motifs is 1. The molecular weight excluding hydrogens is 490 g/mol. The number of H-pyrrole nitrogens is 1. The van der Waals surface area contributed by atoms with Crippen LogP contribution in [-0.2, 0) is 16.0 Å². The summed E-state index contributed by atoms with van der Waals surface area (Å²) < 4.78 is 6.54. The molecule has 7 heteroatoms. The average molecular weight is 532 g/mol. The average Bonchev–Trinajstić information content (AvgIpc) is 3.32. The Balaban J connectivity index is 1.61. The van der Waals surface area contributed by atoms with Gasteiger partial charge < -0.3 is 25.0 Å². The van der Waals surface area contributed by atoms with E-state index < -0.39 is 0 Å². The number of aryl methyl sites for hydroxylation is 3. The Hall–Kier alpha value is -3.58. The molecule has 0 aliphatic heterocycles. The molecule has 2 amide bonds. The maximum Gasteiger partial charge on any atom is 0.247 e. The lowest BCUT2D eigenvalue weighted by Gasteiger charge is -2.37. The van der Waals surface area contributed by atoms with Gasteiger partial charge in [0, 0.05) is 54.6 Å². The van der Waals surface area contributed by atoms with Crippen molar-refractivity contribution in [1.29, 1.82) is 0 Å². The number of benzene rings is 2. The van der Waals surface area contributed by atoms with Gasteiger partial charge in [0.15, 0.2) is 0 Å². The SMILES string of the molecule is CCCC(=O)N(CCc1c[nH]c2ccccc12)C1CC(C(=O)NCCO)=CC(Oc2c(C)cc(C)cc2C)C1. The molecule has 3 aromatic rings. The van der Waals surface area contributed by atoms with Crippen molar-refractivity contribution >= 4 is 22.7 Å². The van der Waals surface area contributed by atoms with Crippen molar-refractivity contribution in [3.8, 4) is 5.75 Å². The minimum absolute atomic E-state index is 0.0980. The van der Waals surface area contributed by atoms with Crippen molar-refractivity contribution in [1.82, 2.24) is 15.2 Å². The van der Waals surface area contributed by atoms with Crippen molar-refractivity contribution in [2.24, 2.45) is 0 Å². The predicted octanol–water partition coefficient (Wildman–Crippen LogP) is 4.91. The molecule has 2 atom stereocenters. The third-order valence-electron chi connectivity index (χ3n) is 7.43. The van der Waals surface area contributed by atoms with E-state index in [4.69, 9.17) is 4.74 Å². The van der Waals surface area contributed by atoms with Crippen LogP contribution in [0.3, 0.4) is 0 Å². The van der Waals surface area contributed by atoms with Gasteiger partial charge in [-0.05, 0) is 68.9 Å². The molecule has 3 N–H and O–H groups in total. The maximum absolute atomic E-state index is 13.4. The molecule has 1 aliphatic rings. The molecule has 0 spiro atoms. The van der Waals surface area contributed by atoms with Crippen LogP contribution in [0.1, 0.15) is 54.9 Å². The van der Waals surface area contributed by atoms with Crippen LogP contribution in [0, 0.1) is 20.8 Å². The largest absolute Gasteiger partial charge is 0.486 e. The Labute approximate surface area is 231 Å². The number of aliphatic hydroxyl groups is 1. The molecule has 0 bridgehead atoms. The number of para-hydroxylation sites is 1. The summed E-state index contributed by atoms with van der Waals surface area (Å²) >= 11 is 0. The number of nitrogens with zero attached hydrogens (tertiary/aromatic N) is 1. The number of carbonyl (C=O) groups excluding carboxylic acids is 2. The van der Waals surface area contributed by atoms with Gasteiger partial charge >= 0.3 is 0 Å². The fourth-order valence-electron chi connectivity index (χ4n) is 5.69. The lowest BCUT2D eigenvalue weighted by molar-refractivity contribution is -0.134. The van der Waals surface area contributed by atoms with Crippen LogP contribution in [0.15, 0.2) is 54.2 Å². The molecule has 39 heavy (non-hydrogen) atoms. The van der Waals surface area contributed by atoms with Gasteiger partial charge in [-0.3, -0.25) is 9.59 Å².